The predicted molar refractivity (Wildman–Crippen MR) is 86.9 cm³/mol. The summed E-state index contributed by atoms with van der Waals surface area (Å²) < 4.78 is 2.99. The number of hydrogen-bond donors (Lipinski definition) is 0. The second kappa shape index (κ2) is 5.14. The molecule has 3 rings (SSSR count). The Morgan fingerprint density at radius 2 is 1.85 bits per heavy atom. The summed E-state index contributed by atoms with van der Waals surface area (Å²) in [6.07, 6.45) is 0. The Labute approximate surface area is 130 Å². The maximum atomic E-state index is 4.77. The maximum Gasteiger partial charge on any atom is 0.124 e. The topological polar surface area (TPSA) is 30.7 Å². The molecule has 102 valence electrons. The van der Waals surface area contributed by atoms with Gasteiger partial charge in [-0.25, -0.2) is 4.98 Å². The molecule has 0 aliphatic rings. The molecule has 20 heavy (non-hydrogen) atoms. The van der Waals surface area contributed by atoms with Gasteiger partial charge in [0, 0.05) is 33.7 Å². The first kappa shape index (κ1) is 13.5. The van der Waals surface area contributed by atoms with Crippen LogP contribution >= 0.6 is 27.3 Å². The summed E-state index contributed by atoms with van der Waals surface area (Å²) in [4.78, 5) is 4.77. The first-order chi connectivity index (χ1) is 9.56. The van der Waals surface area contributed by atoms with Crippen LogP contribution in [-0.2, 0) is 7.05 Å². The van der Waals surface area contributed by atoms with Gasteiger partial charge in [-0.15, -0.1) is 11.3 Å². The molecule has 0 atom stereocenters. The second-order valence-corrected chi connectivity index (χ2v) is 6.49. The van der Waals surface area contributed by atoms with Gasteiger partial charge in [-0.1, -0.05) is 28.1 Å². The summed E-state index contributed by atoms with van der Waals surface area (Å²) in [6.45, 7) is 4.11. The number of nitrogens with zero attached hydrogens (tertiary/aromatic N) is 3. The Hall–Kier alpha value is -1.46. The summed E-state index contributed by atoms with van der Waals surface area (Å²) in [6, 6.07) is 8.24. The normalized spacial score (nSPS) is 11.0. The van der Waals surface area contributed by atoms with E-state index in [0.717, 1.165) is 37.7 Å². The lowest BCUT2D eigenvalue weighted by molar-refractivity contribution is 0.731. The van der Waals surface area contributed by atoms with Gasteiger partial charge in [0.25, 0.3) is 0 Å². The first-order valence-electron chi connectivity index (χ1n) is 6.28. The van der Waals surface area contributed by atoms with Crippen LogP contribution in [0.4, 0.5) is 0 Å². The number of thiazole rings is 1. The van der Waals surface area contributed by atoms with E-state index in [4.69, 9.17) is 4.98 Å². The van der Waals surface area contributed by atoms with E-state index < -0.39 is 0 Å². The zero-order chi connectivity index (χ0) is 14.3. The van der Waals surface area contributed by atoms with Crippen molar-refractivity contribution in [3.05, 3.63) is 45.5 Å². The summed E-state index contributed by atoms with van der Waals surface area (Å²) in [5, 5.41) is 7.60. The van der Waals surface area contributed by atoms with Crippen LogP contribution in [0.2, 0.25) is 0 Å². The zero-order valence-corrected chi connectivity index (χ0v) is 13.9. The Morgan fingerprint density at radius 3 is 2.45 bits per heavy atom. The van der Waals surface area contributed by atoms with Gasteiger partial charge in [0.2, 0.25) is 0 Å². The van der Waals surface area contributed by atoms with E-state index in [-0.39, 0.29) is 0 Å². The average molecular weight is 348 g/mol. The molecule has 1 aromatic carbocycles. The van der Waals surface area contributed by atoms with Crippen LogP contribution in [0.5, 0.6) is 0 Å². The minimum absolute atomic E-state index is 1.01. The van der Waals surface area contributed by atoms with E-state index in [2.05, 4.69) is 45.5 Å². The Kier molecular flexibility index (Phi) is 3.48. The van der Waals surface area contributed by atoms with Crippen LogP contribution < -0.4 is 0 Å². The maximum absolute atomic E-state index is 4.77. The van der Waals surface area contributed by atoms with Crippen LogP contribution in [0.25, 0.3) is 21.8 Å². The lowest BCUT2D eigenvalue weighted by Gasteiger charge is -1.98. The Bertz CT molecular complexity index is 756. The smallest absolute Gasteiger partial charge is 0.124 e. The predicted octanol–water partition coefficient (Wildman–Crippen LogP) is 4.59. The highest BCUT2D eigenvalue weighted by molar-refractivity contribution is 9.10. The molecule has 3 aromatic rings. The second-order valence-electron chi connectivity index (χ2n) is 4.71. The van der Waals surface area contributed by atoms with Gasteiger partial charge in [0.05, 0.1) is 11.4 Å². The van der Waals surface area contributed by atoms with E-state index in [9.17, 15) is 0 Å². The summed E-state index contributed by atoms with van der Waals surface area (Å²) in [7, 11) is 1.97. The van der Waals surface area contributed by atoms with Crippen molar-refractivity contribution >= 4 is 27.3 Å². The lowest BCUT2D eigenvalue weighted by Crippen LogP contribution is -1.92. The standard InChI is InChI=1S/C15H14BrN3S/c1-9-14(10(2)19(3)18-9)13-8-20-15(17-13)11-4-6-12(16)7-5-11/h4-8H,1-3H3. The quantitative estimate of drug-likeness (QED) is 0.678. The van der Waals surface area contributed by atoms with E-state index in [1.807, 2.05) is 30.8 Å². The minimum Gasteiger partial charge on any atom is -0.272 e. The minimum atomic E-state index is 1.01. The van der Waals surface area contributed by atoms with Crippen molar-refractivity contribution in [3.63, 3.8) is 0 Å². The third kappa shape index (κ3) is 2.31. The van der Waals surface area contributed by atoms with Gasteiger partial charge in [-0.3, -0.25) is 4.68 Å². The first-order valence-corrected chi connectivity index (χ1v) is 7.95. The molecule has 0 saturated heterocycles. The van der Waals surface area contributed by atoms with Gasteiger partial charge in [0.1, 0.15) is 5.01 Å². The van der Waals surface area contributed by atoms with Gasteiger partial charge >= 0.3 is 0 Å². The molecule has 0 spiro atoms. The molecule has 0 aliphatic heterocycles. The average Bonchev–Trinajstić information content (AvgIpc) is 2.97. The SMILES string of the molecule is Cc1nn(C)c(C)c1-c1csc(-c2ccc(Br)cc2)n1. The van der Waals surface area contributed by atoms with Crippen molar-refractivity contribution in [1.82, 2.24) is 14.8 Å². The molecule has 2 aromatic heterocycles. The van der Waals surface area contributed by atoms with Crippen molar-refractivity contribution in [2.45, 2.75) is 13.8 Å². The zero-order valence-electron chi connectivity index (χ0n) is 11.5. The highest BCUT2D eigenvalue weighted by atomic mass is 79.9. The lowest BCUT2D eigenvalue weighted by atomic mass is 10.1. The number of aryl methyl sites for hydroxylation is 2. The summed E-state index contributed by atoms with van der Waals surface area (Å²) >= 11 is 5.12. The van der Waals surface area contributed by atoms with E-state index >= 15 is 0 Å². The largest absolute Gasteiger partial charge is 0.272 e. The van der Waals surface area contributed by atoms with Crippen molar-refractivity contribution in [2.24, 2.45) is 7.05 Å². The van der Waals surface area contributed by atoms with Gasteiger partial charge < -0.3 is 0 Å². The molecule has 0 bridgehead atoms. The van der Waals surface area contributed by atoms with Crippen LogP contribution in [0.1, 0.15) is 11.4 Å². The molecule has 0 N–H and O–H groups in total. The fraction of sp³-hybridized carbons (Fsp3) is 0.200. The molecular formula is C15H14BrN3S. The summed E-state index contributed by atoms with van der Waals surface area (Å²) in [5.41, 5.74) is 5.47. The number of aromatic nitrogens is 3. The van der Waals surface area contributed by atoms with Crippen molar-refractivity contribution in [2.75, 3.05) is 0 Å². The number of benzene rings is 1. The third-order valence-corrected chi connectivity index (χ3v) is 4.78. The highest BCUT2D eigenvalue weighted by Gasteiger charge is 2.15. The molecule has 0 radical (unpaired) electrons. The van der Waals surface area contributed by atoms with Crippen LogP contribution in [0.15, 0.2) is 34.1 Å². The fourth-order valence-electron chi connectivity index (χ4n) is 2.26. The van der Waals surface area contributed by atoms with Gasteiger partial charge in [-0.05, 0) is 26.0 Å². The van der Waals surface area contributed by atoms with E-state index in [1.54, 1.807) is 11.3 Å². The Morgan fingerprint density at radius 1 is 1.15 bits per heavy atom. The van der Waals surface area contributed by atoms with E-state index in [1.165, 1.54) is 0 Å². The van der Waals surface area contributed by atoms with Gasteiger partial charge in [-0.2, -0.15) is 5.10 Å². The summed E-state index contributed by atoms with van der Waals surface area (Å²) in [5.74, 6) is 0. The fourth-order valence-corrected chi connectivity index (χ4v) is 3.34. The molecule has 3 nitrogen and oxygen atoms in total. The monoisotopic (exact) mass is 347 g/mol. The molecule has 2 heterocycles. The Balaban J connectivity index is 2.04. The van der Waals surface area contributed by atoms with Crippen LogP contribution in [0, 0.1) is 13.8 Å². The van der Waals surface area contributed by atoms with Crippen molar-refractivity contribution < 1.29 is 0 Å². The van der Waals surface area contributed by atoms with Crippen LogP contribution in [0.3, 0.4) is 0 Å². The van der Waals surface area contributed by atoms with Crippen LogP contribution in [-0.4, -0.2) is 14.8 Å². The van der Waals surface area contributed by atoms with Crippen molar-refractivity contribution in [1.29, 1.82) is 0 Å². The molecule has 0 saturated carbocycles. The third-order valence-electron chi connectivity index (χ3n) is 3.36. The molecule has 0 unspecified atom stereocenters. The highest BCUT2D eigenvalue weighted by Crippen LogP contribution is 2.32. The molecule has 0 amide bonds. The number of rotatable bonds is 2. The number of hydrogen-bond acceptors (Lipinski definition) is 3. The van der Waals surface area contributed by atoms with E-state index in [0.29, 0.717) is 0 Å². The van der Waals surface area contributed by atoms with Crippen molar-refractivity contribution in [3.8, 4) is 21.8 Å². The number of halogens is 1. The molecule has 5 heteroatoms. The molecule has 0 fully saturated rings. The molecule has 0 aliphatic carbocycles. The van der Waals surface area contributed by atoms with Gasteiger partial charge in [0.15, 0.2) is 0 Å². The molecular weight excluding hydrogens is 334 g/mol.